The number of halogens is 1. The van der Waals surface area contributed by atoms with Gasteiger partial charge in [-0.1, -0.05) is 0 Å². The van der Waals surface area contributed by atoms with E-state index in [1.807, 2.05) is 12.1 Å². The molecule has 0 saturated heterocycles. The first-order chi connectivity index (χ1) is 6.74. The van der Waals surface area contributed by atoms with Crippen molar-refractivity contribution < 1.29 is 4.79 Å². The van der Waals surface area contributed by atoms with Crippen molar-refractivity contribution in [3.8, 4) is 6.07 Å². The van der Waals surface area contributed by atoms with Gasteiger partial charge in [0.1, 0.15) is 6.07 Å². The zero-order valence-electron chi connectivity index (χ0n) is 7.51. The smallest absolute Gasteiger partial charge is 0.163 e. The van der Waals surface area contributed by atoms with Crippen LogP contribution in [0, 0.1) is 14.9 Å². The van der Waals surface area contributed by atoms with Gasteiger partial charge in [0.15, 0.2) is 5.78 Å². The van der Waals surface area contributed by atoms with Crippen LogP contribution in [-0.4, -0.2) is 5.78 Å². The van der Waals surface area contributed by atoms with Crippen LogP contribution in [-0.2, 0) is 6.42 Å². The third-order valence-electron chi connectivity index (χ3n) is 2.50. The summed E-state index contributed by atoms with van der Waals surface area (Å²) >= 11 is 2.14. The summed E-state index contributed by atoms with van der Waals surface area (Å²) in [5.74, 6) is 0.180. The topological polar surface area (TPSA) is 40.9 Å². The Morgan fingerprint density at radius 3 is 2.86 bits per heavy atom. The molecule has 0 spiro atoms. The lowest BCUT2D eigenvalue weighted by atomic mass is 9.88. The average Bonchev–Trinajstić information content (AvgIpc) is 2.18. The molecular formula is C11H8INO. The van der Waals surface area contributed by atoms with E-state index in [9.17, 15) is 4.79 Å². The predicted molar refractivity (Wildman–Crippen MR) is 61.1 cm³/mol. The first-order valence-electron chi connectivity index (χ1n) is 4.48. The lowest BCUT2D eigenvalue weighted by Crippen LogP contribution is -2.12. The molecule has 0 unspecified atom stereocenters. The molecule has 0 atom stereocenters. The Hall–Kier alpha value is -0.890. The summed E-state index contributed by atoms with van der Waals surface area (Å²) in [5.41, 5.74) is 2.40. The minimum atomic E-state index is 0.180. The molecule has 1 aliphatic rings. The van der Waals surface area contributed by atoms with E-state index in [1.54, 1.807) is 0 Å². The Morgan fingerprint density at radius 1 is 1.36 bits per heavy atom. The molecule has 0 aromatic heterocycles. The number of carbonyl (C=O) groups excluding carboxylic acids is 1. The minimum Gasteiger partial charge on any atom is -0.294 e. The van der Waals surface area contributed by atoms with E-state index in [4.69, 9.17) is 5.26 Å². The molecule has 3 heteroatoms. The molecule has 0 radical (unpaired) electrons. The maximum absolute atomic E-state index is 11.6. The molecule has 1 aromatic rings. The first kappa shape index (κ1) is 9.66. The normalized spacial score (nSPS) is 14.7. The summed E-state index contributed by atoms with van der Waals surface area (Å²) in [6.45, 7) is 0. The Bertz CT molecular complexity index is 445. The van der Waals surface area contributed by atoms with Crippen LogP contribution in [0.1, 0.15) is 34.3 Å². The fraction of sp³-hybridized carbons (Fsp3) is 0.273. The second kappa shape index (κ2) is 3.70. The van der Waals surface area contributed by atoms with Gasteiger partial charge in [0, 0.05) is 15.6 Å². The molecule has 0 saturated carbocycles. The van der Waals surface area contributed by atoms with Crippen LogP contribution < -0.4 is 0 Å². The van der Waals surface area contributed by atoms with Crippen LogP contribution in [0.2, 0.25) is 0 Å². The maximum atomic E-state index is 11.6. The second-order valence-electron chi connectivity index (χ2n) is 3.34. The van der Waals surface area contributed by atoms with Gasteiger partial charge in [-0.3, -0.25) is 4.79 Å². The number of nitriles is 1. The van der Waals surface area contributed by atoms with Crippen molar-refractivity contribution in [2.45, 2.75) is 19.3 Å². The SMILES string of the molecule is N#Cc1c(I)ccc2c1CCCC2=O. The lowest BCUT2D eigenvalue weighted by molar-refractivity contribution is 0.0972. The highest BCUT2D eigenvalue weighted by molar-refractivity contribution is 14.1. The number of hydrogen-bond acceptors (Lipinski definition) is 2. The molecule has 2 nitrogen and oxygen atoms in total. The van der Waals surface area contributed by atoms with Gasteiger partial charge >= 0.3 is 0 Å². The van der Waals surface area contributed by atoms with Crippen molar-refractivity contribution in [3.05, 3.63) is 32.4 Å². The fourth-order valence-electron chi connectivity index (χ4n) is 1.82. The largest absolute Gasteiger partial charge is 0.294 e. The van der Waals surface area contributed by atoms with Crippen molar-refractivity contribution in [2.75, 3.05) is 0 Å². The second-order valence-corrected chi connectivity index (χ2v) is 4.50. The van der Waals surface area contributed by atoms with Gasteiger partial charge in [-0.25, -0.2) is 0 Å². The third-order valence-corrected chi connectivity index (χ3v) is 3.40. The molecule has 14 heavy (non-hydrogen) atoms. The lowest BCUT2D eigenvalue weighted by Gasteiger charge is -2.16. The molecule has 0 heterocycles. The van der Waals surface area contributed by atoms with Crippen LogP contribution in [0.4, 0.5) is 0 Å². The minimum absolute atomic E-state index is 0.180. The van der Waals surface area contributed by atoms with E-state index in [-0.39, 0.29) is 5.78 Å². The number of Topliss-reactive ketones (excluding diaryl/α,β-unsaturated/α-hetero) is 1. The first-order valence-corrected chi connectivity index (χ1v) is 5.56. The summed E-state index contributed by atoms with van der Waals surface area (Å²) in [5, 5.41) is 8.99. The average molecular weight is 297 g/mol. The Balaban J connectivity index is 2.69. The summed E-state index contributed by atoms with van der Waals surface area (Å²) in [4.78, 5) is 11.6. The van der Waals surface area contributed by atoms with Crippen LogP contribution in [0.25, 0.3) is 0 Å². The number of ketones is 1. The van der Waals surface area contributed by atoms with Crippen LogP contribution in [0.3, 0.4) is 0 Å². The molecule has 0 bridgehead atoms. The van der Waals surface area contributed by atoms with Gasteiger partial charge < -0.3 is 0 Å². The summed E-state index contributed by atoms with van der Waals surface area (Å²) in [7, 11) is 0. The third kappa shape index (κ3) is 1.44. The molecule has 0 N–H and O–H groups in total. The molecule has 0 fully saturated rings. The molecule has 0 aliphatic heterocycles. The predicted octanol–water partition coefficient (Wildman–Crippen LogP) is 2.68. The standard InChI is InChI=1S/C11H8INO/c12-10-5-4-8-7(9(10)6-13)2-1-3-11(8)14/h4-5H,1-3H2. The van der Waals surface area contributed by atoms with E-state index in [0.717, 1.165) is 27.5 Å². The molecular weight excluding hydrogens is 289 g/mol. The highest BCUT2D eigenvalue weighted by Crippen LogP contribution is 2.27. The van der Waals surface area contributed by atoms with E-state index in [1.165, 1.54) is 0 Å². The van der Waals surface area contributed by atoms with Crippen LogP contribution >= 0.6 is 22.6 Å². The van der Waals surface area contributed by atoms with Crippen molar-refractivity contribution in [1.29, 1.82) is 5.26 Å². The Labute approximate surface area is 96.1 Å². The van der Waals surface area contributed by atoms with Gasteiger partial charge in [0.2, 0.25) is 0 Å². The van der Waals surface area contributed by atoms with Gasteiger partial charge in [0.25, 0.3) is 0 Å². The number of nitrogens with zero attached hydrogens (tertiary/aromatic N) is 1. The fourth-order valence-corrected chi connectivity index (χ4v) is 2.45. The van der Waals surface area contributed by atoms with Crippen LogP contribution in [0.15, 0.2) is 12.1 Å². The maximum Gasteiger partial charge on any atom is 0.163 e. The van der Waals surface area contributed by atoms with Crippen LogP contribution in [0.5, 0.6) is 0 Å². The van der Waals surface area contributed by atoms with Crippen molar-refractivity contribution in [3.63, 3.8) is 0 Å². The van der Waals surface area contributed by atoms with Crippen molar-refractivity contribution in [1.82, 2.24) is 0 Å². The quantitative estimate of drug-likeness (QED) is 0.691. The molecule has 1 aromatic carbocycles. The number of carbonyl (C=O) groups is 1. The van der Waals surface area contributed by atoms with Gasteiger partial charge in [-0.15, -0.1) is 0 Å². The summed E-state index contributed by atoms with van der Waals surface area (Å²) < 4.78 is 0.943. The highest BCUT2D eigenvalue weighted by Gasteiger charge is 2.20. The summed E-state index contributed by atoms with van der Waals surface area (Å²) in [6, 6.07) is 5.88. The van der Waals surface area contributed by atoms with E-state index < -0.39 is 0 Å². The Kier molecular flexibility index (Phi) is 2.55. The summed E-state index contributed by atoms with van der Waals surface area (Å²) in [6.07, 6.45) is 2.36. The van der Waals surface area contributed by atoms with Gasteiger partial charge in [0.05, 0.1) is 5.56 Å². The van der Waals surface area contributed by atoms with Gasteiger partial charge in [-0.2, -0.15) is 5.26 Å². The van der Waals surface area contributed by atoms with Crippen molar-refractivity contribution >= 4 is 28.4 Å². The number of rotatable bonds is 0. The highest BCUT2D eigenvalue weighted by atomic mass is 127. The van der Waals surface area contributed by atoms with Crippen molar-refractivity contribution in [2.24, 2.45) is 0 Å². The monoisotopic (exact) mass is 297 g/mol. The van der Waals surface area contributed by atoms with E-state index in [0.29, 0.717) is 12.0 Å². The van der Waals surface area contributed by atoms with Gasteiger partial charge in [-0.05, 0) is 53.1 Å². The number of fused-ring (bicyclic) bond motifs is 1. The molecule has 70 valence electrons. The Morgan fingerprint density at radius 2 is 2.14 bits per heavy atom. The number of benzene rings is 1. The zero-order valence-corrected chi connectivity index (χ0v) is 9.67. The van der Waals surface area contributed by atoms with E-state index in [2.05, 4.69) is 28.7 Å². The molecule has 0 amide bonds. The molecule has 2 rings (SSSR count). The zero-order chi connectivity index (χ0) is 10.1. The number of hydrogen-bond donors (Lipinski definition) is 0. The van der Waals surface area contributed by atoms with E-state index >= 15 is 0 Å². The molecule has 1 aliphatic carbocycles.